The number of hydrogen-bond donors (Lipinski definition) is 0. The van der Waals surface area contributed by atoms with E-state index in [1.54, 1.807) is 0 Å². The Bertz CT molecular complexity index is 2490. The minimum absolute atomic E-state index is 0.478. The Hall–Kier alpha value is -5.41. The molecule has 0 spiro atoms. The maximum absolute atomic E-state index is 5.87. The fraction of sp³-hybridized carbons (Fsp3) is 0.321. The molecule has 11 heteroatoms. The summed E-state index contributed by atoms with van der Waals surface area (Å²) in [4.78, 5) is 0. The second-order valence-electron chi connectivity index (χ2n) is 17.2. The van der Waals surface area contributed by atoms with Crippen molar-refractivity contribution in [3.8, 4) is 5.69 Å². The zero-order valence-corrected chi connectivity index (χ0v) is 41.2. The highest BCUT2D eigenvalue weighted by Gasteiger charge is 2.11. The van der Waals surface area contributed by atoms with Crippen molar-refractivity contribution in [3.05, 3.63) is 206 Å². The van der Waals surface area contributed by atoms with E-state index in [-0.39, 0.29) is 0 Å². The molecule has 0 atom stereocenters. The highest BCUT2D eigenvalue weighted by Crippen LogP contribution is 2.21. The van der Waals surface area contributed by atoms with Crippen LogP contribution in [0.3, 0.4) is 0 Å². The molecule has 0 N–H and O–H groups in total. The zero-order chi connectivity index (χ0) is 46.3. The lowest BCUT2D eigenvalue weighted by Crippen LogP contribution is -2.03. The van der Waals surface area contributed by atoms with E-state index < -0.39 is 0 Å². The van der Waals surface area contributed by atoms with Gasteiger partial charge >= 0.3 is 0 Å². The van der Waals surface area contributed by atoms with Crippen molar-refractivity contribution in [1.29, 1.82) is 0 Å². The topological polar surface area (TPSA) is 71.3 Å². The van der Waals surface area contributed by atoms with Gasteiger partial charge in [-0.2, -0.15) is 20.4 Å². The fourth-order valence-corrected chi connectivity index (χ4v) is 7.16. The van der Waals surface area contributed by atoms with Gasteiger partial charge in [0.15, 0.2) is 0 Å². The van der Waals surface area contributed by atoms with Gasteiger partial charge in [0.05, 0.1) is 42.1 Å². The molecule has 0 amide bonds. The van der Waals surface area contributed by atoms with Crippen molar-refractivity contribution < 1.29 is 0 Å². The van der Waals surface area contributed by atoms with Crippen molar-refractivity contribution in [2.24, 2.45) is 7.05 Å². The van der Waals surface area contributed by atoms with Crippen molar-refractivity contribution in [3.63, 3.8) is 0 Å². The van der Waals surface area contributed by atoms with Crippen LogP contribution in [-0.2, 0) is 26.6 Å². The predicted octanol–water partition coefficient (Wildman–Crippen LogP) is 14.5. The molecule has 0 unspecified atom stereocenters. The number of halogens is 3. The largest absolute Gasteiger partial charge is 0.272 e. The summed E-state index contributed by atoms with van der Waals surface area (Å²) in [7, 11) is 2.00. The van der Waals surface area contributed by atoms with Crippen LogP contribution in [0.25, 0.3) is 5.69 Å². The summed E-state index contributed by atoms with van der Waals surface area (Å²) in [6.07, 6.45) is 6.90. The number of hydrogen-bond acceptors (Lipinski definition) is 4. The van der Waals surface area contributed by atoms with Crippen LogP contribution in [0.15, 0.2) is 140 Å². The zero-order valence-electron chi connectivity index (χ0n) is 38.9. The van der Waals surface area contributed by atoms with Gasteiger partial charge < -0.3 is 0 Å². The lowest BCUT2D eigenvalue weighted by atomic mass is 10.1. The van der Waals surface area contributed by atoms with Gasteiger partial charge in [-0.1, -0.05) is 145 Å². The summed E-state index contributed by atoms with van der Waals surface area (Å²) >= 11 is 17.5. The van der Waals surface area contributed by atoms with E-state index in [1.807, 2.05) is 136 Å². The molecule has 0 aliphatic rings. The molecule has 8 rings (SSSR count). The maximum Gasteiger partial charge on any atom is 0.0671 e. The molecule has 336 valence electrons. The third-order valence-electron chi connectivity index (χ3n) is 10.4. The van der Waals surface area contributed by atoms with E-state index in [0.29, 0.717) is 23.7 Å². The summed E-state index contributed by atoms with van der Waals surface area (Å²) in [6.45, 7) is 21.0. The molecule has 0 fully saturated rings. The van der Waals surface area contributed by atoms with Crippen molar-refractivity contribution in [1.82, 2.24) is 39.1 Å². The van der Waals surface area contributed by atoms with Crippen LogP contribution >= 0.6 is 34.8 Å². The van der Waals surface area contributed by atoms with Gasteiger partial charge in [-0.25, -0.2) is 4.68 Å². The molecule has 8 nitrogen and oxygen atoms in total. The molecule has 0 radical (unpaired) electrons. The minimum atomic E-state index is 0.478. The van der Waals surface area contributed by atoms with Crippen LogP contribution in [0.1, 0.15) is 130 Å². The number of rotatable bonds is 11. The summed E-state index contributed by atoms with van der Waals surface area (Å²) in [5.41, 5.74) is 11.9. The molecule has 4 aromatic carbocycles. The first kappa shape index (κ1) is 49.6. The van der Waals surface area contributed by atoms with Crippen LogP contribution in [0.4, 0.5) is 0 Å². The fourth-order valence-electron chi connectivity index (χ4n) is 6.78. The third kappa shape index (κ3) is 15.4. The normalized spacial score (nSPS) is 11.0. The Morgan fingerprint density at radius 2 is 1.06 bits per heavy atom. The Labute approximate surface area is 395 Å². The van der Waals surface area contributed by atoms with Gasteiger partial charge in [-0.15, -0.1) is 0 Å². The molecule has 4 heterocycles. The standard InChI is InChI=1S/C14H17ClN2.2C13H15ClN2.C13H16N2/c1-10(2)14-9-13(16-17(14)3)8-11-4-6-12(15)7-5-11;1-10(2)12-7-15-16(9-12)8-11-3-5-13(14)6-4-11;1-10(2)13-7-8-16(15-13)9-11-3-5-12(14)6-4-11;1-10(2)13-9-11(3)14-15(13)12-7-5-4-6-8-12/h4-7,9-10H,8H2,1-3H3;3-7,9-10H,8H2,1-2H3;3-8,10H,9H2,1-2H3;4-10H,1-3H3. The average molecular weight is 919 g/mol. The molecule has 0 saturated carbocycles. The van der Waals surface area contributed by atoms with Crippen LogP contribution in [0, 0.1) is 6.92 Å². The number of para-hydroxylation sites is 1. The van der Waals surface area contributed by atoms with E-state index in [0.717, 1.165) is 57.3 Å². The number of nitrogens with zero attached hydrogens (tertiary/aromatic N) is 8. The van der Waals surface area contributed by atoms with Crippen LogP contribution in [0.5, 0.6) is 0 Å². The summed E-state index contributed by atoms with van der Waals surface area (Å²) in [5.74, 6) is 2.00. The Kier molecular flexibility index (Phi) is 18.6. The first-order valence-corrected chi connectivity index (χ1v) is 23.1. The first-order chi connectivity index (χ1) is 30.5. The number of aryl methyl sites for hydroxylation is 2. The van der Waals surface area contributed by atoms with E-state index in [9.17, 15) is 0 Å². The highest BCUT2D eigenvalue weighted by atomic mass is 35.5. The van der Waals surface area contributed by atoms with Gasteiger partial charge in [0, 0.05) is 52.3 Å². The van der Waals surface area contributed by atoms with E-state index in [2.05, 4.69) is 112 Å². The summed E-state index contributed by atoms with van der Waals surface area (Å²) < 4.78 is 7.91. The second kappa shape index (κ2) is 24.0. The monoisotopic (exact) mass is 916 g/mol. The first-order valence-electron chi connectivity index (χ1n) is 22.0. The molecule has 64 heavy (non-hydrogen) atoms. The van der Waals surface area contributed by atoms with Gasteiger partial charge in [0.1, 0.15) is 0 Å². The number of aromatic nitrogens is 8. The van der Waals surface area contributed by atoms with Gasteiger partial charge in [-0.05, 0) is 120 Å². The van der Waals surface area contributed by atoms with Crippen molar-refractivity contribution in [2.75, 3.05) is 0 Å². The predicted molar refractivity (Wildman–Crippen MR) is 268 cm³/mol. The van der Waals surface area contributed by atoms with Crippen molar-refractivity contribution in [2.45, 2.75) is 105 Å². The molecule has 8 aromatic rings. The molecule has 4 aromatic heterocycles. The molecule has 0 aliphatic heterocycles. The lowest BCUT2D eigenvalue weighted by molar-refractivity contribution is 0.657. The molecule has 0 bridgehead atoms. The van der Waals surface area contributed by atoms with Crippen LogP contribution in [0.2, 0.25) is 15.1 Å². The molecular formula is C53H63Cl3N8. The maximum atomic E-state index is 5.87. The minimum Gasteiger partial charge on any atom is -0.272 e. The SMILES string of the molecule is CC(C)c1cc(Cc2ccc(Cl)cc2)nn1C.CC(C)c1ccn(Cc2ccc(Cl)cc2)n1.CC(C)c1cnn(Cc2ccc(Cl)cc2)c1.Cc1cc(C(C)C)n(-c2ccccc2)n1. The molecular weight excluding hydrogens is 855 g/mol. The average Bonchev–Trinajstić information content (AvgIpc) is 4.09. The van der Waals surface area contributed by atoms with E-state index >= 15 is 0 Å². The third-order valence-corrected chi connectivity index (χ3v) is 11.2. The molecule has 0 aliphatic carbocycles. The molecule has 0 saturated heterocycles. The van der Waals surface area contributed by atoms with Crippen LogP contribution in [-0.4, -0.2) is 39.1 Å². The van der Waals surface area contributed by atoms with E-state index in [1.165, 1.54) is 33.6 Å². The van der Waals surface area contributed by atoms with Gasteiger partial charge in [0.2, 0.25) is 0 Å². The number of benzene rings is 4. The highest BCUT2D eigenvalue weighted by molar-refractivity contribution is 6.31. The second-order valence-corrected chi connectivity index (χ2v) is 18.5. The summed E-state index contributed by atoms with van der Waals surface area (Å²) in [5, 5.41) is 20.2. The van der Waals surface area contributed by atoms with Gasteiger partial charge in [-0.3, -0.25) is 14.0 Å². The van der Waals surface area contributed by atoms with Crippen molar-refractivity contribution >= 4 is 34.8 Å². The smallest absolute Gasteiger partial charge is 0.0671 e. The Morgan fingerprint density at radius 3 is 1.53 bits per heavy atom. The lowest BCUT2D eigenvalue weighted by Gasteiger charge is -2.09. The Balaban J connectivity index is 0.000000161. The summed E-state index contributed by atoms with van der Waals surface area (Å²) in [6, 6.07) is 40.3. The van der Waals surface area contributed by atoms with Crippen LogP contribution < -0.4 is 0 Å². The van der Waals surface area contributed by atoms with Gasteiger partial charge in [0.25, 0.3) is 0 Å². The van der Waals surface area contributed by atoms with E-state index in [4.69, 9.17) is 34.8 Å². The quantitative estimate of drug-likeness (QED) is 0.130. The Morgan fingerprint density at radius 1 is 0.531 bits per heavy atom.